The number of rotatable bonds is 6. The van der Waals surface area contributed by atoms with Crippen molar-refractivity contribution in [2.24, 2.45) is 5.41 Å². The highest BCUT2D eigenvalue weighted by molar-refractivity contribution is 5.77. The number of H-pyrrole nitrogens is 1. The third kappa shape index (κ3) is 3.74. The number of carbonyl (C=O) groups is 1. The number of alkyl halides is 2. The topological polar surface area (TPSA) is 82.9 Å². The van der Waals surface area contributed by atoms with E-state index in [2.05, 4.69) is 15.3 Å². The van der Waals surface area contributed by atoms with Crippen molar-refractivity contribution < 1.29 is 13.6 Å². The first kappa shape index (κ1) is 22.7. The molecule has 0 radical (unpaired) electrons. The molecule has 8 nitrogen and oxygen atoms in total. The Morgan fingerprint density at radius 1 is 0.947 bits per heavy atom. The van der Waals surface area contributed by atoms with Crippen LogP contribution in [0, 0.1) is 5.41 Å². The van der Waals surface area contributed by atoms with Crippen LogP contribution in [0.5, 0.6) is 0 Å². The zero-order valence-corrected chi connectivity index (χ0v) is 21.2. The molecule has 8 rings (SSSR count). The van der Waals surface area contributed by atoms with E-state index in [1.165, 1.54) is 18.4 Å². The quantitative estimate of drug-likeness (QED) is 0.492. The highest BCUT2D eigenvalue weighted by Crippen LogP contribution is 2.56. The van der Waals surface area contributed by atoms with E-state index >= 15 is 0 Å². The number of carbonyl (C=O) groups excluding carboxylic acids is 1. The summed E-state index contributed by atoms with van der Waals surface area (Å²) in [5.41, 5.74) is 2.97. The summed E-state index contributed by atoms with van der Waals surface area (Å²) in [5.74, 6) is 3.67. The van der Waals surface area contributed by atoms with Gasteiger partial charge in [0.25, 0.3) is 6.43 Å². The minimum absolute atomic E-state index is 0.144. The summed E-state index contributed by atoms with van der Waals surface area (Å²) >= 11 is 0. The molecule has 5 fully saturated rings. The molecule has 38 heavy (non-hydrogen) atoms. The van der Waals surface area contributed by atoms with E-state index in [0.29, 0.717) is 23.7 Å². The van der Waals surface area contributed by atoms with Gasteiger partial charge in [-0.3, -0.25) is 5.10 Å². The van der Waals surface area contributed by atoms with Gasteiger partial charge in [-0.05, 0) is 62.3 Å². The van der Waals surface area contributed by atoms with Crippen LogP contribution >= 0.6 is 0 Å². The van der Waals surface area contributed by atoms with Crippen LogP contribution in [0.3, 0.4) is 0 Å². The Morgan fingerprint density at radius 2 is 1.66 bits per heavy atom. The molecule has 3 saturated carbocycles. The Morgan fingerprint density at radius 3 is 2.32 bits per heavy atom. The highest BCUT2D eigenvalue weighted by Gasteiger charge is 2.56. The molecule has 1 aromatic carbocycles. The number of hydrogen-bond donors (Lipinski definition) is 1. The van der Waals surface area contributed by atoms with Crippen LogP contribution in [0.15, 0.2) is 30.3 Å². The molecule has 1 N–H and O–H groups in total. The van der Waals surface area contributed by atoms with Crippen molar-refractivity contribution in [3.05, 3.63) is 58.9 Å². The number of halogens is 2. The zero-order chi connectivity index (χ0) is 25.6. The predicted molar refractivity (Wildman–Crippen MR) is 135 cm³/mol. The standard InChI is InChI=1S/C28H31F2N7O/c29-24(30)22-9-23(17-1-2-17)37(34-22)21-7-5-16(6-8-21)20-12-35(13-20)27(38)36-14-28(15-36)10-19(11-28)26-31-25(32-33-26)18-3-4-18/h5-9,17-20,24H,1-4,10-15H2,(H,31,32,33). The molecule has 0 unspecified atom stereocenters. The average molecular weight is 520 g/mol. The van der Waals surface area contributed by atoms with Crippen LogP contribution in [0.2, 0.25) is 0 Å². The van der Waals surface area contributed by atoms with E-state index in [9.17, 15) is 13.6 Å². The number of amides is 2. The number of likely N-dealkylation sites (tertiary alicyclic amines) is 2. The van der Waals surface area contributed by atoms with Crippen LogP contribution in [-0.4, -0.2) is 67.0 Å². The predicted octanol–water partition coefficient (Wildman–Crippen LogP) is 5.08. The van der Waals surface area contributed by atoms with Crippen molar-refractivity contribution in [1.29, 1.82) is 0 Å². The number of hydrogen-bond acceptors (Lipinski definition) is 4. The Hall–Kier alpha value is -3.30. The van der Waals surface area contributed by atoms with Gasteiger partial charge >= 0.3 is 6.03 Å². The summed E-state index contributed by atoms with van der Waals surface area (Å²) in [5, 5.41) is 11.7. The summed E-state index contributed by atoms with van der Waals surface area (Å²) in [4.78, 5) is 21.6. The SMILES string of the molecule is O=C(N1CC(c2ccc(-n3nc(C(F)F)cc3C3CC3)cc2)C1)N1CC2(CC(c3n[nH]c(C4CC4)n3)C2)C1. The van der Waals surface area contributed by atoms with Gasteiger partial charge in [0, 0.05) is 61.0 Å². The lowest BCUT2D eigenvalue weighted by molar-refractivity contribution is -0.0601. The second-order valence-electron chi connectivity index (χ2n) is 12.3. The van der Waals surface area contributed by atoms with Crippen LogP contribution in [-0.2, 0) is 0 Å². The Kier molecular flexibility index (Phi) is 4.83. The number of benzene rings is 1. The molecule has 5 aliphatic rings. The van der Waals surface area contributed by atoms with E-state index in [1.807, 2.05) is 34.1 Å². The smallest absolute Gasteiger partial charge is 0.320 e. The molecular formula is C28H31F2N7O. The lowest BCUT2D eigenvalue weighted by Gasteiger charge is -2.59. The molecule has 198 valence electrons. The lowest BCUT2D eigenvalue weighted by atomic mass is 9.57. The highest BCUT2D eigenvalue weighted by atomic mass is 19.3. The number of aromatic amines is 1. The lowest BCUT2D eigenvalue weighted by Crippen LogP contribution is -2.67. The van der Waals surface area contributed by atoms with E-state index in [0.717, 1.165) is 74.9 Å². The maximum Gasteiger partial charge on any atom is 0.320 e. The maximum absolute atomic E-state index is 13.2. The van der Waals surface area contributed by atoms with Gasteiger partial charge in [-0.15, -0.1) is 0 Å². The van der Waals surface area contributed by atoms with Gasteiger partial charge in [0.2, 0.25) is 0 Å². The summed E-state index contributed by atoms with van der Waals surface area (Å²) in [7, 11) is 0. The molecule has 4 heterocycles. The van der Waals surface area contributed by atoms with Crippen molar-refractivity contribution in [2.45, 2.75) is 68.6 Å². The number of nitrogens with one attached hydrogen (secondary N) is 1. The van der Waals surface area contributed by atoms with Crippen molar-refractivity contribution in [1.82, 2.24) is 34.8 Å². The Bertz CT molecular complexity index is 1370. The fraction of sp³-hybridized carbons (Fsp3) is 0.571. The largest absolute Gasteiger partial charge is 0.323 e. The second kappa shape index (κ2) is 8.10. The molecule has 0 bridgehead atoms. The second-order valence-corrected chi connectivity index (χ2v) is 12.3. The van der Waals surface area contributed by atoms with Crippen molar-refractivity contribution in [3.8, 4) is 5.69 Å². The first-order chi connectivity index (χ1) is 18.4. The van der Waals surface area contributed by atoms with Crippen LogP contribution in [0.4, 0.5) is 13.6 Å². The van der Waals surface area contributed by atoms with Crippen molar-refractivity contribution in [3.63, 3.8) is 0 Å². The summed E-state index contributed by atoms with van der Waals surface area (Å²) < 4.78 is 28.1. The summed E-state index contributed by atoms with van der Waals surface area (Å²) in [6, 6.07) is 9.71. The molecular weight excluding hydrogens is 488 g/mol. The Labute approximate surface area is 219 Å². The molecule has 2 amide bonds. The van der Waals surface area contributed by atoms with Crippen LogP contribution in [0.25, 0.3) is 5.69 Å². The van der Waals surface area contributed by atoms with Gasteiger partial charge in [-0.2, -0.15) is 10.2 Å². The maximum atomic E-state index is 13.2. The molecule has 2 saturated heterocycles. The molecule has 3 aromatic rings. The summed E-state index contributed by atoms with van der Waals surface area (Å²) in [6.07, 6.45) is 4.09. The van der Waals surface area contributed by atoms with E-state index in [1.54, 1.807) is 10.7 Å². The van der Waals surface area contributed by atoms with Gasteiger partial charge in [0.05, 0.1) is 5.69 Å². The first-order valence-corrected chi connectivity index (χ1v) is 13.9. The van der Waals surface area contributed by atoms with E-state index < -0.39 is 6.43 Å². The van der Waals surface area contributed by atoms with Crippen molar-refractivity contribution in [2.75, 3.05) is 26.2 Å². The molecule has 2 aromatic heterocycles. The fourth-order valence-electron chi connectivity index (χ4n) is 6.67. The number of aromatic nitrogens is 5. The monoisotopic (exact) mass is 519 g/mol. The molecule has 3 aliphatic carbocycles. The van der Waals surface area contributed by atoms with Crippen LogP contribution < -0.4 is 0 Å². The minimum Gasteiger partial charge on any atom is -0.323 e. The van der Waals surface area contributed by atoms with Gasteiger partial charge in [0.1, 0.15) is 11.5 Å². The van der Waals surface area contributed by atoms with Gasteiger partial charge < -0.3 is 9.80 Å². The van der Waals surface area contributed by atoms with Crippen LogP contribution in [0.1, 0.15) is 97.2 Å². The third-order valence-corrected chi connectivity index (χ3v) is 9.27. The van der Waals surface area contributed by atoms with Gasteiger partial charge in [-0.1, -0.05) is 12.1 Å². The number of nitrogens with zero attached hydrogens (tertiary/aromatic N) is 6. The average Bonchev–Trinajstić information content (AvgIpc) is 3.77. The van der Waals surface area contributed by atoms with Crippen molar-refractivity contribution >= 4 is 6.03 Å². The van der Waals surface area contributed by atoms with E-state index in [4.69, 9.17) is 4.98 Å². The Balaban J connectivity index is 0.842. The zero-order valence-electron chi connectivity index (χ0n) is 21.2. The molecule has 1 spiro atoms. The summed E-state index contributed by atoms with van der Waals surface area (Å²) in [6.45, 7) is 3.12. The first-order valence-electron chi connectivity index (χ1n) is 13.9. The van der Waals surface area contributed by atoms with Gasteiger partial charge in [-0.25, -0.2) is 23.2 Å². The minimum atomic E-state index is -2.56. The molecule has 0 atom stereocenters. The van der Waals surface area contributed by atoms with E-state index in [-0.39, 0.29) is 17.1 Å². The van der Waals surface area contributed by atoms with Gasteiger partial charge in [0.15, 0.2) is 5.82 Å². The fourth-order valence-corrected chi connectivity index (χ4v) is 6.67. The normalized spacial score (nSPS) is 23.0. The molecule has 2 aliphatic heterocycles. The number of urea groups is 1. The molecule has 10 heteroatoms. The third-order valence-electron chi connectivity index (χ3n) is 9.27.